The summed E-state index contributed by atoms with van der Waals surface area (Å²) in [7, 11) is 0. The lowest BCUT2D eigenvalue weighted by molar-refractivity contribution is -0.174. The second kappa shape index (κ2) is 7.31. The van der Waals surface area contributed by atoms with Crippen LogP contribution in [0.4, 0.5) is 0 Å². The van der Waals surface area contributed by atoms with E-state index in [2.05, 4.69) is 11.5 Å². The molecular formula is C20H25NO6. The number of rotatable bonds is 1. The molecule has 0 aliphatic carbocycles. The van der Waals surface area contributed by atoms with E-state index in [1.807, 2.05) is 6.08 Å². The molecule has 0 amide bonds. The van der Waals surface area contributed by atoms with Crippen molar-refractivity contribution in [1.29, 1.82) is 0 Å². The van der Waals surface area contributed by atoms with Gasteiger partial charge in [0, 0.05) is 32.0 Å². The first-order valence-electron chi connectivity index (χ1n) is 9.10. The predicted octanol–water partition coefficient (Wildman–Crippen LogP) is 1.68. The van der Waals surface area contributed by atoms with Gasteiger partial charge in [-0.05, 0) is 31.4 Å². The molecule has 146 valence electrons. The van der Waals surface area contributed by atoms with E-state index < -0.39 is 23.5 Å². The Bertz CT molecular complexity index is 752. The maximum absolute atomic E-state index is 12.8. The molecule has 0 unspecified atom stereocenters. The average Bonchev–Trinajstić information content (AvgIpc) is 3.18. The van der Waals surface area contributed by atoms with Crippen LogP contribution in [0.25, 0.3) is 0 Å². The number of hydrogen-bond donors (Lipinski definition) is 0. The molecule has 2 fully saturated rings. The van der Waals surface area contributed by atoms with Crippen LogP contribution < -0.4 is 0 Å². The maximum atomic E-state index is 12.8. The molecule has 0 aromatic rings. The van der Waals surface area contributed by atoms with Crippen LogP contribution in [0.5, 0.6) is 0 Å². The number of carbonyl (C=O) groups excluding carboxylic acids is 3. The van der Waals surface area contributed by atoms with Crippen LogP contribution in [0.1, 0.15) is 33.6 Å². The van der Waals surface area contributed by atoms with Gasteiger partial charge in [-0.15, -0.1) is 0 Å². The molecule has 0 saturated carbocycles. The van der Waals surface area contributed by atoms with E-state index in [-0.39, 0.29) is 30.7 Å². The van der Waals surface area contributed by atoms with Crippen molar-refractivity contribution < 1.29 is 28.6 Å². The highest BCUT2D eigenvalue weighted by Gasteiger charge is 2.46. The van der Waals surface area contributed by atoms with Crippen molar-refractivity contribution in [1.82, 2.24) is 4.90 Å². The molecule has 3 aliphatic rings. The molecule has 3 aliphatic heterocycles. The van der Waals surface area contributed by atoms with Crippen LogP contribution in [0, 0.1) is 0 Å². The minimum absolute atomic E-state index is 0.0536. The highest BCUT2D eigenvalue weighted by Crippen LogP contribution is 2.34. The summed E-state index contributed by atoms with van der Waals surface area (Å²) >= 11 is 0. The van der Waals surface area contributed by atoms with Gasteiger partial charge < -0.3 is 14.2 Å². The third kappa shape index (κ3) is 3.56. The van der Waals surface area contributed by atoms with E-state index in [9.17, 15) is 14.4 Å². The zero-order valence-corrected chi connectivity index (χ0v) is 15.9. The molecule has 0 spiro atoms. The molecular weight excluding hydrogens is 350 g/mol. The molecule has 3 rings (SSSR count). The largest absolute Gasteiger partial charge is 0.458 e. The Kier molecular flexibility index (Phi) is 5.24. The molecule has 0 aromatic carbocycles. The monoisotopic (exact) mass is 375 g/mol. The van der Waals surface area contributed by atoms with Gasteiger partial charge >= 0.3 is 17.9 Å². The van der Waals surface area contributed by atoms with Crippen LogP contribution in [0.15, 0.2) is 35.5 Å². The number of allylic oxidation sites excluding steroid dienone is 1. The molecule has 27 heavy (non-hydrogen) atoms. The van der Waals surface area contributed by atoms with Gasteiger partial charge in [-0.1, -0.05) is 18.7 Å². The van der Waals surface area contributed by atoms with Gasteiger partial charge in [-0.3, -0.25) is 9.69 Å². The van der Waals surface area contributed by atoms with E-state index in [4.69, 9.17) is 14.2 Å². The molecule has 2 saturated heterocycles. The fourth-order valence-electron chi connectivity index (χ4n) is 3.86. The van der Waals surface area contributed by atoms with Gasteiger partial charge in [0.15, 0.2) is 0 Å². The highest BCUT2D eigenvalue weighted by atomic mass is 16.6. The number of ether oxygens (including phenoxy) is 3. The first-order chi connectivity index (χ1) is 12.8. The Hall–Kier alpha value is -2.41. The van der Waals surface area contributed by atoms with Gasteiger partial charge in [0.1, 0.15) is 12.7 Å². The normalized spacial score (nSPS) is 33.5. The van der Waals surface area contributed by atoms with Gasteiger partial charge in [-0.25, -0.2) is 9.59 Å². The van der Waals surface area contributed by atoms with Crippen molar-refractivity contribution in [2.24, 2.45) is 0 Å². The van der Waals surface area contributed by atoms with Crippen molar-refractivity contribution in [3.63, 3.8) is 0 Å². The van der Waals surface area contributed by atoms with E-state index in [0.717, 1.165) is 25.1 Å². The number of hydrogen-bond acceptors (Lipinski definition) is 7. The van der Waals surface area contributed by atoms with Crippen LogP contribution >= 0.6 is 0 Å². The molecule has 0 radical (unpaired) electrons. The van der Waals surface area contributed by atoms with Crippen LogP contribution in [0.2, 0.25) is 0 Å². The van der Waals surface area contributed by atoms with Crippen LogP contribution in [0.3, 0.4) is 0 Å². The maximum Gasteiger partial charge on any atom is 0.355 e. The lowest BCUT2D eigenvalue weighted by atomic mass is 9.90. The minimum atomic E-state index is -1.67. The third-order valence-electron chi connectivity index (χ3n) is 5.47. The lowest BCUT2D eigenvalue weighted by Gasteiger charge is -2.31. The Morgan fingerprint density at radius 3 is 2.85 bits per heavy atom. The summed E-state index contributed by atoms with van der Waals surface area (Å²) in [5.74, 6) is -1.76. The molecule has 0 aromatic heterocycles. The van der Waals surface area contributed by atoms with Crippen molar-refractivity contribution in [2.45, 2.75) is 51.4 Å². The average molecular weight is 375 g/mol. The Morgan fingerprint density at radius 1 is 1.44 bits per heavy atom. The number of carbonyl (C=O) groups is 3. The van der Waals surface area contributed by atoms with Gasteiger partial charge in [0.25, 0.3) is 0 Å². The first-order valence-corrected chi connectivity index (χ1v) is 9.10. The SMILES string of the molecule is C=C1CC(=CC)C(=O)O[C@@H]2CCN3CC=C(COC(=O)[C@@]1(C)OC(C)=O)[C@H]23. The van der Waals surface area contributed by atoms with E-state index in [1.54, 1.807) is 13.0 Å². The summed E-state index contributed by atoms with van der Waals surface area (Å²) in [5, 5.41) is 0. The Labute approximate surface area is 158 Å². The van der Waals surface area contributed by atoms with Gasteiger partial charge in [-0.2, -0.15) is 0 Å². The highest BCUT2D eigenvalue weighted by molar-refractivity contribution is 5.91. The summed E-state index contributed by atoms with van der Waals surface area (Å²) in [5.41, 5.74) is -0.142. The molecule has 0 bridgehead atoms. The third-order valence-corrected chi connectivity index (χ3v) is 5.47. The second-order valence-corrected chi connectivity index (χ2v) is 7.25. The topological polar surface area (TPSA) is 82.1 Å². The first kappa shape index (κ1) is 19.4. The number of nitrogens with zero attached hydrogens (tertiary/aromatic N) is 1. The molecule has 7 nitrogen and oxygen atoms in total. The smallest absolute Gasteiger partial charge is 0.355 e. The number of cyclic esters (lactones) is 1. The van der Waals surface area contributed by atoms with E-state index in [0.29, 0.717) is 5.57 Å². The van der Waals surface area contributed by atoms with Gasteiger partial charge in [0.05, 0.1) is 6.04 Å². The number of esters is 3. The molecule has 0 N–H and O–H groups in total. The summed E-state index contributed by atoms with van der Waals surface area (Å²) in [6.45, 7) is 9.89. The lowest BCUT2D eigenvalue weighted by Crippen LogP contribution is -2.45. The minimum Gasteiger partial charge on any atom is -0.458 e. The standard InChI is InChI=1S/C20H25NO6/c1-5-14-10-12(2)20(4,27-13(3)22)19(24)25-11-15-6-8-21-9-7-16(17(15)21)26-18(14)23/h5-6,16-17H,2,7-11H2,1,3-4H3/t16-,17-,20+/m1/s1. The zero-order valence-electron chi connectivity index (χ0n) is 15.9. The van der Waals surface area contributed by atoms with E-state index in [1.165, 1.54) is 13.8 Å². The second-order valence-electron chi connectivity index (χ2n) is 7.25. The molecule has 3 heterocycles. The summed E-state index contributed by atoms with van der Waals surface area (Å²) in [6.07, 6.45) is 4.16. The van der Waals surface area contributed by atoms with Crippen molar-refractivity contribution in [3.05, 3.63) is 35.5 Å². The summed E-state index contributed by atoms with van der Waals surface area (Å²) in [4.78, 5) is 39.3. The van der Waals surface area contributed by atoms with Crippen molar-refractivity contribution in [3.8, 4) is 0 Å². The Balaban J connectivity index is 1.95. The predicted molar refractivity (Wildman–Crippen MR) is 96.6 cm³/mol. The van der Waals surface area contributed by atoms with E-state index >= 15 is 0 Å². The van der Waals surface area contributed by atoms with Crippen molar-refractivity contribution in [2.75, 3.05) is 19.7 Å². The summed E-state index contributed by atoms with van der Waals surface area (Å²) in [6, 6.07) is -0.0811. The van der Waals surface area contributed by atoms with Crippen LogP contribution in [-0.4, -0.2) is 60.3 Å². The fourth-order valence-corrected chi connectivity index (χ4v) is 3.86. The van der Waals surface area contributed by atoms with Crippen LogP contribution in [-0.2, 0) is 28.6 Å². The zero-order chi connectivity index (χ0) is 19.8. The van der Waals surface area contributed by atoms with Crippen molar-refractivity contribution >= 4 is 17.9 Å². The molecule has 3 atom stereocenters. The fraction of sp³-hybridized carbons (Fsp3) is 0.550. The Morgan fingerprint density at radius 2 is 2.19 bits per heavy atom. The summed E-state index contributed by atoms with van der Waals surface area (Å²) < 4.78 is 16.6. The quantitative estimate of drug-likeness (QED) is 0.298. The van der Waals surface area contributed by atoms with Gasteiger partial charge in [0.2, 0.25) is 5.60 Å². The molecule has 7 heteroatoms.